The van der Waals surface area contributed by atoms with Crippen molar-refractivity contribution in [2.24, 2.45) is 0 Å². The summed E-state index contributed by atoms with van der Waals surface area (Å²) in [5.74, 6) is 0.495. The standard InChI is InChI=1S/C6H11NO2S/c1-2-3-7-4-5-10(8,9)6-7/h2-3H,4-6H2,1H3/b3-2+. The number of nitrogens with zero attached hydrogens (tertiary/aromatic N) is 1. The van der Waals surface area contributed by atoms with Gasteiger partial charge < -0.3 is 4.90 Å². The van der Waals surface area contributed by atoms with Crippen molar-refractivity contribution in [3.63, 3.8) is 0 Å². The lowest BCUT2D eigenvalue weighted by Crippen LogP contribution is -2.12. The Labute approximate surface area is 61.3 Å². The molecule has 0 spiro atoms. The Kier molecular flexibility index (Phi) is 1.99. The van der Waals surface area contributed by atoms with Crippen LogP contribution in [0.4, 0.5) is 0 Å². The van der Waals surface area contributed by atoms with E-state index in [9.17, 15) is 8.42 Å². The molecule has 1 rings (SSSR count). The fourth-order valence-electron chi connectivity index (χ4n) is 0.966. The van der Waals surface area contributed by atoms with E-state index >= 15 is 0 Å². The summed E-state index contributed by atoms with van der Waals surface area (Å²) in [4.78, 5) is 1.80. The van der Waals surface area contributed by atoms with Crippen molar-refractivity contribution in [3.8, 4) is 0 Å². The van der Waals surface area contributed by atoms with Gasteiger partial charge in [-0.15, -0.1) is 0 Å². The van der Waals surface area contributed by atoms with Crippen molar-refractivity contribution < 1.29 is 8.42 Å². The zero-order valence-corrected chi connectivity index (χ0v) is 6.76. The molecule has 1 heterocycles. The van der Waals surface area contributed by atoms with Crippen LogP contribution in [0.1, 0.15) is 6.92 Å². The van der Waals surface area contributed by atoms with E-state index in [4.69, 9.17) is 0 Å². The molecule has 1 fully saturated rings. The molecule has 58 valence electrons. The van der Waals surface area contributed by atoms with Crippen LogP contribution in [0, 0.1) is 0 Å². The maximum atomic E-state index is 10.8. The van der Waals surface area contributed by atoms with E-state index in [0.717, 1.165) is 0 Å². The molecule has 0 amide bonds. The third kappa shape index (κ3) is 1.73. The molecule has 0 saturated carbocycles. The highest BCUT2D eigenvalue weighted by molar-refractivity contribution is 7.91. The second kappa shape index (κ2) is 2.62. The Hall–Kier alpha value is -0.510. The summed E-state index contributed by atoms with van der Waals surface area (Å²) >= 11 is 0. The Morgan fingerprint density at radius 2 is 2.20 bits per heavy atom. The molecule has 10 heavy (non-hydrogen) atoms. The van der Waals surface area contributed by atoms with Crippen molar-refractivity contribution in [2.45, 2.75) is 6.92 Å². The van der Waals surface area contributed by atoms with E-state index in [-0.39, 0.29) is 5.88 Å². The predicted octanol–water partition coefficient (Wildman–Crippen LogP) is 0.208. The normalized spacial score (nSPS) is 24.3. The zero-order valence-electron chi connectivity index (χ0n) is 5.95. The minimum absolute atomic E-state index is 0.192. The molecule has 0 unspecified atom stereocenters. The molecular weight excluding hydrogens is 150 g/mol. The first-order chi connectivity index (χ1) is 4.64. The van der Waals surface area contributed by atoms with E-state index in [1.54, 1.807) is 4.90 Å². The van der Waals surface area contributed by atoms with Crippen LogP contribution < -0.4 is 0 Å². The largest absolute Gasteiger partial charge is 0.363 e. The molecule has 1 saturated heterocycles. The second-order valence-corrected chi connectivity index (χ2v) is 4.53. The molecule has 4 heteroatoms. The van der Waals surface area contributed by atoms with Gasteiger partial charge in [-0.3, -0.25) is 0 Å². The third-order valence-corrected chi connectivity index (χ3v) is 2.94. The number of rotatable bonds is 1. The molecule has 0 atom stereocenters. The van der Waals surface area contributed by atoms with E-state index in [1.165, 1.54) is 0 Å². The molecule has 1 aliphatic heterocycles. The summed E-state index contributed by atoms with van der Waals surface area (Å²) in [6.07, 6.45) is 3.66. The van der Waals surface area contributed by atoms with Gasteiger partial charge in [-0.2, -0.15) is 0 Å². The zero-order chi connectivity index (χ0) is 7.61. The summed E-state index contributed by atoms with van der Waals surface area (Å²) in [6.45, 7) is 2.53. The molecule has 0 radical (unpaired) electrons. The second-order valence-electron chi connectivity index (χ2n) is 2.37. The van der Waals surface area contributed by atoms with Crippen LogP contribution in [0.5, 0.6) is 0 Å². The van der Waals surface area contributed by atoms with E-state index in [1.807, 2.05) is 19.2 Å². The summed E-state index contributed by atoms with van der Waals surface area (Å²) in [5.41, 5.74) is 0. The fourth-order valence-corrected chi connectivity index (χ4v) is 2.33. The monoisotopic (exact) mass is 161 g/mol. The first-order valence-electron chi connectivity index (χ1n) is 3.21. The average Bonchev–Trinajstić information content (AvgIpc) is 2.12. The van der Waals surface area contributed by atoms with Crippen molar-refractivity contribution in [1.82, 2.24) is 4.90 Å². The average molecular weight is 161 g/mol. The Morgan fingerprint density at radius 3 is 2.60 bits per heavy atom. The van der Waals surface area contributed by atoms with Crippen molar-refractivity contribution >= 4 is 9.84 Å². The molecule has 0 aromatic rings. The smallest absolute Gasteiger partial charge is 0.170 e. The summed E-state index contributed by atoms with van der Waals surface area (Å²) in [6, 6.07) is 0. The predicted molar refractivity (Wildman–Crippen MR) is 40.2 cm³/mol. The summed E-state index contributed by atoms with van der Waals surface area (Å²) in [5, 5.41) is 0. The lowest BCUT2D eigenvalue weighted by Gasteiger charge is -2.06. The Balaban J connectivity index is 2.60. The van der Waals surface area contributed by atoms with Crippen LogP contribution in [0.2, 0.25) is 0 Å². The minimum Gasteiger partial charge on any atom is -0.363 e. The van der Waals surface area contributed by atoms with Crippen LogP contribution >= 0.6 is 0 Å². The molecule has 0 aliphatic carbocycles. The number of sulfone groups is 1. The van der Waals surface area contributed by atoms with Crippen LogP contribution in [0.15, 0.2) is 12.3 Å². The molecule has 1 aliphatic rings. The number of hydrogen-bond acceptors (Lipinski definition) is 3. The number of allylic oxidation sites excluding steroid dienone is 1. The molecule has 0 aromatic heterocycles. The van der Waals surface area contributed by atoms with Gasteiger partial charge in [-0.1, -0.05) is 6.08 Å². The lowest BCUT2D eigenvalue weighted by molar-refractivity contribution is 0.484. The maximum Gasteiger partial charge on any atom is 0.170 e. The SMILES string of the molecule is C/C=C/N1CCS(=O)(=O)C1. The highest BCUT2D eigenvalue weighted by Crippen LogP contribution is 2.06. The Bertz CT molecular complexity index is 230. The van der Waals surface area contributed by atoms with E-state index < -0.39 is 9.84 Å². The van der Waals surface area contributed by atoms with Gasteiger partial charge >= 0.3 is 0 Å². The van der Waals surface area contributed by atoms with Crippen molar-refractivity contribution in [2.75, 3.05) is 18.2 Å². The van der Waals surface area contributed by atoms with Crippen molar-refractivity contribution in [1.29, 1.82) is 0 Å². The van der Waals surface area contributed by atoms with Gasteiger partial charge in [0.15, 0.2) is 9.84 Å². The first kappa shape index (κ1) is 7.60. The van der Waals surface area contributed by atoms with Gasteiger partial charge in [0.1, 0.15) is 5.88 Å². The molecule has 0 N–H and O–H groups in total. The summed E-state index contributed by atoms with van der Waals surface area (Å²) in [7, 11) is -2.74. The van der Waals surface area contributed by atoms with Crippen LogP contribution in [-0.4, -0.2) is 31.5 Å². The molecule has 3 nitrogen and oxygen atoms in total. The maximum absolute atomic E-state index is 10.8. The van der Waals surface area contributed by atoms with Gasteiger partial charge in [-0.25, -0.2) is 8.42 Å². The lowest BCUT2D eigenvalue weighted by atomic mass is 10.6. The minimum atomic E-state index is -2.74. The Morgan fingerprint density at radius 1 is 1.50 bits per heavy atom. The molecule has 0 aromatic carbocycles. The topological polar surface area (TPSA) is 37.4 Å². The van der Waals surface area contributed by atoms with Crippen LogP contribution in [0.25, 0.3) is 0 Å². The molecular formula is C6H11NO2S. The van der Waals surface area contributed by atoms with Gasteiger partial charge in [0, 0.05) is 6.54 Å². The van der Waals surface area contributed by atoms with Crippen LogP contribution in [-0.2, 0) is 9.84 Å². The quantitative estimate of drug-likeness (QED) is 0.551. The van der Waals surface area contributed by atoms with Crippen molar-refractivity contribution in [3.05, 3.63) is 12.3 Å². The highest BCUT2D eigenvalue weighted by atomic mass is 32.2. The summed E-state index contributed by atoms with van der Waals surface area (Å²) < 4.78 is 21.7. The van der Waals surface area contributed by atoms with Crippen LogP contribution in [0.3, 0.4) is 0 Å². The van der Waals surface area contributed by atoms with Gasteiger partial charge in [0.25, 0.3) is 0 Å². The van der Waals surface area contributed by atoms with Gasteiger partial charge in [0.2, 0.25) is 0 Å². The molecule has 0 bridgehead atoms. The number of hydrogen-bond donors (Lipinski definition) is 0. The first-order valence-corrected chi connectivity index (χ1v) is 5.03. The third-order valence-electron chi connectivity index (χ3n) is 1.41. The van der Waals surface area contributed by atoms with Gasteiger partial charge in [0.05, 0.1) is 5.75 Å². The van der Waals surface area contributed by atoms with E-state index in [0.29, 0.717) is 12.3 Å². The van der Waals surface area contributed by atoms with Gasteiger partial charge in [-0.05, 0) is 13.1 Å². The highest BCUT2D eigenvalue weighted by Gasteiger charge is 2.22. The fraction of sp³-hybridized carbons (Fsp3) is 0.667. The van der Waals surface area contributed by atoms with E-state index in [2.05, 4.69) is 0 Å².